The van der Waals surface area contributed by atoms with Gasteiger partial charge in [0, 0.05) is 19.3 Å². The number of ether oxygens (including phenoxy) is 3. The minimum Gasteiger partial charge on any atom is -0.462 e. The summed E-state index contributed by atoms with van der Waals surface area (Å²) in [5.74, 6) is -1.04. The Balaban J connectivity index is 4.54. The Morgan fingerprint density at radius 2 is 0.695 bits per heavy atom. The molecule has 0 saturated carbocycles. The Hall–Kier alpha value is -3.67. The third-order valence-electron chi connectivity index (χ3n) is 9.57. The third-order valence-corrected chi connectivity index (χ3v) is 9.57. The van der Waals surface area contributed by atoms with E-state index >= 15 is 0 Å². The molecule has 0 N–H and O–H groups in total. The zero-order valence-electron chi connectivity index (χ0n) is 38.0. The van der Waals surface area contributed by atoms with Gasteiger partial charge in [0.25, 0.3) is 0 Å². The van der Waals surface area contributed by atoms with Crippen molar-refractivity contribution in [3.8, 4) is 0 Å². The second-order valence-corrected chi connectivity index (χ2v) is 15.2. The zero-order valence-corrected chi connectivity index (χ0v) is 38.0. The van der Waals surface area contributed by atoms with Crippen LogP contribution >= 0.6 is 0 Å². The van der Waals surface area contributed by atoms with Crippen molar-refractivity contribution in [1.82, 2.24) is 0 Å². The molecule has 1 atom stereocenters. The van der Waals surface area contributed by atoms with E-state index in [1.807, 2.05) is 6.08 Å². The van der Waals surface area contributed by atoms with E-state index in [9.17, 15) is 14.4 Å². The molecule has 0 rings (SSSR count). The third kappa shape index (κ3) is 45.3. The number of rotatable bonds is 41. The molecule has 0 saturated heterocycles. The number of carbonyl (C=O) groups is 3. The molecule has 1 unspecified atom stereocenters. The van der Waals surface area contributed by atoms with Crippen molar-refractivity contribution in [2.45, 2.75) is 207 Å². The molecule has 334 valence electrons. The predicted octanol–water partition coefficient (Wildman–Crippen LogP) is 15.4. The van der Waals surface area contributed by atoms with Crippen LogP contribution < -0.4 is 0 Å². The van der Waals surface area contributed by atoms with Crippen LogP contribution in [0.1, 0.15) is 201 Å². The highest BCUT2D eigenvalue weighted by Gasteiger charge is 2.19. The molecule has 0 aromatic carbocycles. The van der Waals surface area contributed by atoms with Gasteiger partial charge in [-0.15, -0.1) is 0 Å². The fraction of sp³-hybridized carbons (Fsp3) is 0.642. The lowest BCUT2D eigenvalue weighted by Crippen LogP contribution is -2.30. The van der Waals surface area contributed by atoms with Crippen molar-refractivity contribution < 1.29 is 28.6 Å². The molecular formula is C53H86O6. The largest absolute Gasteiger partial charge is 0.462 e. The number of esters is 3. The molecule has 0 aliphatic rings. The fourth-order valence-corrected chi connectivity index (χ4v) is 6.05. The minimum atomic E-state index is -0.826. The van der Waals surface area contributed by atoms with Gasteiger partial charge in [-0.2, -0.15) is 0 Å². The Kier molecular flexibility index (Phi) is 44.1. The van der Waals surface area contributed by atoms with Gasteiger partial charge in [-0.3, -0.25) is 14.4 Å². The Morgan fingerprint density at radius 1 is 0.356 bits per heavy atom. The van der Waals surface area contributed by atoms with Crippen molar-refractivity contribution >= 4 is 17.9 Å². The highest BCUT2D eigenvalue weighted by molar-refractivity contribution is 5.71. The molecule has 0 heterocycles. The maximum absolute atomic E-state index is 12.7. The van der Waals surface area contributed by atoms with Gasteiger partial charge in [-0.25, -0.2) is 0 Å². The molecule has 0 spiro atoms. The molecule has 6 nitrogen and oxygen atoms in total. The second kappa shape index (κ2) is 47.0. The summed E-state index contributed by atoms with van der Waals surface area (Å²) in [6, 6.07) is 0. The number of unbranched alkanes of at least 4 members (excludes halogenated alkanes) is 14. The molecule has 0 bridgehead atoms. The van der Waals surface area contributed by atoms with E-state index in [-0.39, 0.29) is 31.6 Å². The SMILES string of the molecule is CC/C=C\C/C=C\C/C=C\C/C=C\CCCCCC(=O)OCC(COC(=O)CCCCCCC/C=C\C/C=C\CC)OC(=O)CC/C=C\C/C=C\CCCCCCCC. The topological polar surface area (TPSA) is 78.9 Å². The van der Waals surface area contributed by atoms with Crippen LogP contribution in [0.3, 0.4) is 0 Å². The van der Waals surface area contributed by atoms with Crippen molar-refractivity contribution in [2.24, 2.45) is 0 Å². The standard InChI is InChI=1S/C53H86O6/c1-4-7-10-13-16-19-22-25-26-27-29-31-34-37-40-43-46-52(55)58-49-50(48-57-51(54)45-42-39-36-33-30-24-21-18-15-12-9-6-3)59-53(56)47-44-41-38-35-32-28-23-20-17-14-11-8-5-2/h7,9-10,12,16,18-19,21,25-26,28-29,31-32,38,41,50H,4-6,8,11,13-15,17,20,22-24,27,30,33-37,39-40,42-49H2,1-3H3/b10-7-,12-9-,19-16-,21-18-,26-25-,31-29-,32-28-,41-38-. The second-order valence-electron chi connectivity index (χ2n) is 15.2. The normalized spacial score (nSPS) is 12.9. The number of carbonyl (C=O) groups excluding carboxylic acids is 3. The first-order chi connectivity index (χ1) is 29.0. The molecule has 0 aliphatic carbocycles. The van der Waals surface area contributed by atoms with Gasteiger partial charge in [0.15, 0.2) is 6.10 Å². The van der Waals surface area contributed by atoms with Gasteiger partial charge < -0.3 is 14.2 Å². The lowest BCUT2D eigenvalue weighted by Gasteiger charge is -2.18. The molecular weight excluding hydrogens is 733 g/mol. The molecule has 0 radical (unpaired) electrons. The van der Waals surface area contributed by atoms with Crippen LogP contribution in [0.2, 0.25) is 0 Å². The highest BCUT2D eigenvalue weighted by Crippen LogP contribution is 2.11. The number of allylic oxidation sites excluding steroid dienone is 16. The molecule has 0 amide bonds. The smallest absolute Gasteiger partial charge is 0.306 e. The summed E-state index contributed by atoms with van der Waals surface area (Å²) in [5, 5.41) is 0. The summed E-state index contributed by atoms with van der Waals surface area (Å²) in [4.78, 5) is 37.8. The summed E-state index contributed by atoms with van der Waals surface area (Å²) in [7, 11) is 0. The van der Waals surface area contributed by atoms with Crippen molar-refractivity contribution in [2.75, 3.05) is 13.2 Å². The molecule has 0 aromatic heterocycles. The zero-order chi connectivity index (χ0) is 43.0. The predicted molar refractivity (Wildman–Crippen MR) is 251 cm³/mol. The van der Waals surface area contributed by atoms with Crippen LogP contribution in [-0.2, 0) is 28.6 Å². The van der Waals surface area contributed by atoms with Crippen LogP contribution in [0, 0.1) is 0 Å². The number of hydrogen-bond donors (Lipinski definition) is 0. The van der Waals surface area contributed by atoms with Crippen molar-refractivity contribution in [3.05, 3.63) is 97.2 Å². The summed E-state index contributed by atoms with van der Waals surface area (Å²) < 4.78 is 16.6. The lowest BCUT2D eigenvalue weighted by atomic mass is 10.1. The first-order valence-corrected chi connectivity index (χ1v) is 23.7. The van der Waals surface area contributed by atoms with Crippen LogP contribution in [0.4, 0.5) is 0 Å². The monoisotopic (exact) mass is 819 g/mol. The quantitative estimate of drug-likeness (QED) is 0.0265. The maximum atomic E-state index is 12.7. The van der Waals surface area contributed by atoms with Crippen LogP contribution in [0.15, 0.2) is 97.2 Å². The average Bonchev–Trinajstić information content (AvgIpc) is 3.23. The highest BCUT2D eigenvalue weighted by atomic mass is 16.6. The van der Waals surface area contributed by atoms with Crippen molar-refractivity contribution in [1.29, 1.82) is 0 Å². The summed E-state index contributed by atoms with van der Waals surface area (Å²) in [6.07, 6.45) is 61.2. The summed E-state index contributed by atoms with van der Waals surface area (Å²) >= 11 is 0. The average molecular weight is 819 g/mol. The molecule has 6 heteroatoms. The molecule has 59 heavy (non-hydrogen) atoms. The van der Waals surface area contributed by atoms with Crippen LogP contribution in [0.5, 0.6) is 0 Å². The van der Waals surface area contributed by atoms with Gasteiger partial charge in [-0.05, 0) is 103 Å². The summed E-state index contributed by atoms with van der Waals surface area (Å²) in [6.45, 7) is 6.29. The Bertz CT molecular complexity index is 1220. The first kappa shape index (κ1) is 55.3. The Labute approximate surface area is 362 Å². The van der Waals surface area contributed by atoms with Crippen molar-refractivity contribution in [3.63, 3.8) is 0 Å². The van der Waals surface area contributed by atoms with Crippen LogP contribution in [0.25, 0.3) is 0 Å². The molecule has 0 fully saturated rings. The number of hydrogen-bond acceptors (Lipinski definition) is 6. The van der Waals surface area contributed by atoms with E-state index < -0.39 is 12.1 Å². The van der Waals surface area contributed by atoms with Gasteiger partial charge in [0.1, 0.15) is 13.2 Å². The summed E-state index contributed by atoms with van der Waals surface area (Å²) in [5.41, 5.74) is 0. The van der Waals surface area contributed by atoms with E-state index in [1.165, 1.54) is 38.5 Å². The van der Waals surface area contributed by atoms with Gasteiger partial charge >= 0.3 is 17.9 Å². The fourth-order valence-electron chi connectivity index (χ4n) is 6.05. The lowest BCUT2D eigenvalue weighted by molar-refractivity contribution is -0.166. The van der Waals surface area contributed by atoms with E-state index in [4.69, 9.17) is 14.2 Å². The van der Waals surface area contributed by atoms with Gasteiger partial charge in [0.05, 0.1) is 0 Å². The van der Waals surface area contributed by atoms with E-state index in [0.717, 1.165) is 116 Å². The minimum absolute atomic E-state index is 0.119. The molecule has 0 aliphatic heterocycles. The van der Waals surface area contributed by atoms with Gasteiger partial charge in [-0.1, -0.05) is 176 Å². The maximum Gasteiger partial charge on any atom is 0.306 e. The van der Waals surface area contributed by atoms with E-state index in [1.54, 1.807) is 0 Å². The van der Waals surface area contributed by atoms with E-state index in [0.29, 0.717) is 19.3 Å². The first-order valence-electron chi connectivity index (χ1n) is 23.7. The van der Waals surface area contributed by atoms with Gasteiger partial charge in [0.2, 0.25) is 0 Å². The van der Waals surface area contributed by atoms with Crippen LogP contribution in [-0.4, -0.2) is 37.2 Å². The van der Waals surface area contributed by atoms with E-state index in [2.05, 4.69) is 112 Å². The Morgan fingerprint density at radius 3 is 1.12 bits per heavy atom. The molecule has 0 aromatic rings.